The van der Waals surface area contributed by atoms with Crippen molar-refractivity contribution in [1.29, 1.82) is 0 Å². The minimum atomic E-state index is -0.712. The van der Waals surface area contributed by atoms with Crippen molar-refractivity contribution in [2.45, 2.75) is 77.7 Å². The summed E-state index contributed by atoms with van der Waals surface area (Å²) in [5, 5.41) is 8.49. The number of unbranched alkanes of at least 4 members (excludes halogenated alkanes) is 4. The SMILES string of the molecule is CCCCCC=CCC=CCC=CCC=CCCCC(=O)O.C[N+](C)(C)Cc1ccccc1. The summed E-state index contributed by atoms with van der Waals surface area (Å²) in [6.45, 7) is 3.33. The average molecular weight is 455 g/mol. The largest absolute Gasteiger partial charge is 0.481 e. The second-order valence-corrected chi connectivity index (χ2v) is 9.31. The molecule has 1 rings (SSSR count). The van der Waals surface area contributed by atoms with Gasteiger partial charge in [-0.3, -0.25) is 4.79 Å². The fraction of sp³-hybridized carbons (Fsp3) is 0.500. The Labute approximate surface area is 203 Å². The zero-order valence-electron chi connectivity index (χ0n) is 21.6. The van der Waals surface area contributed by atoms with Gasteiger partial charge in [-0.1, -0.05) is 98.7 Å². The number of carbonyl (C=O) groups is 1. The number of aliphatic carboxylic acids is 1. The van der Waals surface area contributed by atoms with E-state index in [9.17, 15) is 4.79 Å². The molecule has 0 heterocycles. The Kier molecular flexibility index (Phi) is 19.9. The van der Waals surface area contributed by atoms with Crippen molar-refractivity contribution >= 4 is 5.97 Å². The molecule has 0 aromatic heterocycles. The van der Waals surface area contributed by atoms with Gasteiger partial charge in [0.05, 0.1) is 21.1 Å². The number of nitrogens with zero attached hydrogens (tertiary/aromatic N) is 1. The molecule has 33 heavy (non-hydrogen) atoms. The zero-order valence-corrected chi connectivity index (χ0v) is 21.6. The number of carboxylic acids is 1. The van der Waals surface area contributed by atoms with Crippen LogP contribution in [-0.4, -0.2) is 36.7 Å². The zero-order chi connectivity index (χ0) is 24.6. The van der Waals surface area contributed by atoms with Crippen LogP contribution in [0.5, 0.6) is 0 Å². The highest BCUT2D eigenvalue weighted by Gasteiger charge is 2.06. The standard InChI is InChI=1S/C20H32O2.C10H16N/c1-2-3-4-5-6-7-8-9-10-11-12-13-14-15-16-17-18-19-20(21)22;1-11(2,3)9-10-7-5-4-6-8-10/h6-7,9-10,12-13,15-16H,2-5,8,11,14,17-19H2,1H3,(H,21,22);4-8H,9H2,1-3H3/q;+1. The molecule has 0 radical (unpaired) electrons. The lowest BCUT2D eigenvalue weighted by Gasteiger charge is -2.23. The number of benzene rings is 1. The predicted molar refractivity (Wildman–Crippen MR) is 144 cm³/mol. The van der Waals surface area contributed by atoms with Gasteiger partial charge in [-0.05, 0) is 44.9 Å². The Balaban J connectivity index is 0.000000771. The molecule has 3 heteroatoms. The van der Waals surface area contributed by atoms with Crippen molar-refractivity contribution < 1.29 is 14.4 Å². The van der Waals surface area contributed by atoms with Crippen molar-refractivity contribution in [1.82, 2.24) is 0 Å². The van der Waals surface area contributed by atoms with E-state index in [0.29, 0.717) is 0 Å². The molecule has 0 aliphatic heterocycles. The molecule has 0 spiro atoms. The van der Waals surface area contributed by atoms with Crippen LogP contribution in [0, 0.1) is 0 Å². The highest BCUT2D eigenvalue weighted by atomic mass is 16.4. The lowest BCUT2D eigenvalue weighted by molar-refractivity contribution is -0.884. The topological polar surface area (TPSA) is 37.3 Å². The second kappa shape index (κ2) is 21.5. The molecule has 1 aromatic rings. The molecule has 0 amide bonds. The van der Waals surface area contributed by atoms with Gasteiger partial charge in [-0.25, -0.2) is 0 Å². The molecule has 0 atom stereocenters. The van der Waals surface area contributed by atoms with Crippen LogP contribution in [0.25, 0.3) is 0 Å². The van der Waals surface area contributed by atoms with Crippen molar-refractivity contribution in [3.8, 4) is 0 Å². The number of carboxylic acid groups (broad SMARTS) is 1. The van der Waals surface area contributed by atoms with Crippen LogP contribution >= 0.6 is 0 Å². The van der Waals surface area contributed by atoms with Gasteiger partial charge < -0.3 is 9.59 Å². The van der Waals surface area contributed by atoms with Crippen LogP contribution < -0.4 is 0 Å². The molecule has 184 valence electrons. The summed E-state index contributed by atoms with van der Waals surface area (Å²) in [6.07, 6.45) is 27.3. The number of hydrogen-bond acceptors (Lipinski definition) is 1. The number of quaternary nitrogens is 1. The first-order chi connectivity index (χ1) is 15.8. The first-order valence-electron chi connectivity index (χ1n) is 12.5. The van der Waals surface area contributed by atoms with Gasteiger partial charge in [0.2, 0.25) is 0 Å². The van der Waals surface area contributed by atoms with Crippen molar-refractivity contribution in [3.05, 3.63) is 84.5 Å². The Hall–Kier alpha value is -2.39. The summed E-state index contributed by atoms with van der Waals surface area (Å²) in [6, 6.07) is 10.6. The van der Waals surface area contributed by atoms with Gasteiger partial charge in [0.25, 0.3) is 0 Å². The Morgan fingerprint density at radius 3 is 1.70 bits per heavy atom. The molecule has 0 saturated carbocycles. The van der Waals surface area contributed by atoms with Gasteiger partial charge in [-0.15, -0.1) is 0 Å². The lowest BCUT2D eigenvalue weighted by atomic mass is 10.2. The summed E-state index contributed by atoms with van der Waals surface area (Å²) in [5.41, 5.74) is 1.40. The van der Waals surface area contributed by atoms with Gasteiger partial charge in [0, 0.05) is 12.0 Å². The fourth-order valence-corrected chi connectivity index (χ4v) is 3.06. The van der Waals surface area contributed by atoms with Crippen LogP contribution in [0.15, 0.2) is 78.9 Å². The lowest BCUT2D eigenvalue weighted by Crippen LogP contribution is -2.33. The van der Waals surface area contributed by atoms with Crippen molar-refractivity contribution in [2.75, 3.05) is 21.1 Å². The van der Waals surface area contributed by atoms with Gasteiger partial charge in [0.15, 0.2) is 0 Å². The molecule has 1 aromatic carbocycles. The molecule has 0 saturated heterocycles. The van der Waals surface area contributed by atoms with E-state index in [-0.39, 0.29) is 6.42 Å². The van der Waals surface area contributed by atoms with E-state index in [1.165, 1.54) is 31.2 Å². The van der Waals surface area contributed by atoms with E-state index in [0.717, 1.165) is 43.1 Å². The monoisotopic (exact) mass is 454 g/mol. The number of rotatable bonds is 16. The molecular weight excluding hydrogens is 406 g/mol. The number of allylic oxidation sites excluding steroid dienone is 8. The Morgan fingerprint density at radius 2 is 1.24 bits per heavy atom. The first kappa shape index (κ1) is 30.6. The quantitative estimate of drug-likeness (QED) is 0.156. The summed E-state index contributed by atoms with van der Waals surface area (Å²) in [7, 11) is 6.60. The predicted octanol–water partition coefficient (Wildman–Crippen LogP) is 8.11. The van der Waals surface area contributed by atoms with Crippen LogP contribution in [0.1, 0.15) is 76.7 Å². The smallest absolute Gasteiger partial charge is 0.303 e. The van der Waals surface area contributed by atoms with Gasteiger partial charge >= 0.3 is 5.97 Å². The minimum absolute atomic E-state index is 0.262. The van der Waals surface area contributed by atoms with E-state index < -0.39 is 5.97 Å². The maximum Gasteiger partial charge on any atom is 0.303 e. The highest BCUT2D eigenvalue weighted by molar-refractivity contribution is 5.66. The van der Waals surface area contributed by atoms with Crippen LogP contribution in [0.4, 0.5) is 0 Å². The van der Waals surface area contributed by atoms with Crippen LogP contribution in [-0.2, 0) is 11.3 Å². The van der Waals surface area contributed by atoms with E-state index in [1.807, 2.05) is 0 Å². The third-order valence-corrected chi connectivity index (χ3v) is 4.72. The maximum atomic E-state index is 10.3. The van der Waals surface area contributed by atoms with Crippen molar-refractivity contribution in [2.24, 2.45) is 0 Å². The molecule has 0 fully saturated rings. The Morgan fingerprint density at radius 1 is 0.758 bits per heavy atom. The third-order valence-electron chi connectivity index (χ3n) is 4.72. The molecule has 3 nitrogen and oxygen atoms in total. The van der Waals surface area contributed by atoms with E-state index >= 15 is 0 Å². The third kappa shape index (κ3) is 25.7. The minimum Gasteiger partial charge on any atom is -0.481 e. The van der Waals surface area contributed by atoms with Crippen LogP contribution in [0.3, 0.4) is 0 Å². The maximum absolute atomic E-state index is 10.3. The van der Waals surface area contributed by atoms with Crippen molar-refractivity contribution in [3.63, 3.8) is 0 Å². The van der Waals surface area contributed by atoms with E-state index in [1.54, 1.807) is 0 Å². The molecule has 0 aliphatic carbocycles. The Bertz CT molecular complexity index is 694. The molecular formula is C30H48NO2+. The van der Waals surface area contributed by atoms with Crippen LogP contribution in [0.2, 0.25) is 0 Å². The van der Waals surface area contributed by atoms with E-state index in [2.05, 4.69) is 107 Å². The molecule has 0 unspecified atom stereocenters. The van der Waals surface area contributed by atoms with Gasteiger partial charge in [0.1, 0.15) is 6.54 Å². The highest BCUT2D eigenvalue weighted by Crippen LogP contribution is 2.05. The molecule has 0 aliphatic rings. The average Bonchev–Trinajstić information content (AvgIpc) is 2.76. The molecule has 0 bridgehead atoms. The summed E-state index contributed by atoms with van der Waals surface area (Å²) >= 11 is 0. The summed E-state index contributed by atoms with van der Waals surface area (Å²) in [5.74, 6) is -0.712. The number of hydrogen-bond donors (Lipinski definition) is 1. The van der Waals surface area contributed by atoms with Gasteiger partial charge in [-0.2, -0.15) is 0 Å². The summed E-state index contributed by atoms with van der Waals surface area (Å²) in [4.78, 5) is 10.3. The molecule has 1 N–H and O–H groups in total. The van der Waals surface area contributed by atoms with E-state index in [4.69, 9.17) is 5.11 Å². The fourth-order valence-electron chi connectivity index (χ4n) is 3.06. The normalized spacial score (nSPS) is 12.1. The first-order valence-corrected chi connectivity index (χ1v) is 12.5. The summed E-state index contributed by atoms with van der Waals surface area (Å²) < 4.78 is 0.990. The second-order valence-electron chi connectivity index (χ2n) is 9.31.